The summed E-state index contributed by atoms with van der Waals surface area (Å²) in [6.07, 6.45) is -13.8. The number of carbonyl (C=O) groups excluding carboxylic acids is 3. The van der Waals surface area contributed by atoms with Crippen LogP contribution >= 0.6 is 0 Å². The Morgan fingerprint density at radius 3 is 1.93 bits per heavy atom. The molecule has 5 aliphatic rings. The zero-order chi connectivity index (χ0) is 43.2. The van der Waals surface area contributed by atoms with E-state index in [-0.39, 0.29) is 40.8 Å². The van der Waals surface area contributed by atoms with Crippen molar-refractivity contribution in [2.45, 2.75) is 73.8 Å². The molecule has 3 aromatic rings. The zero-order valence-electron chi connectivity index (χ0n) is 31.2. The lowest BCUT2D eigenvalue weighted by molar-refractivity contribution is -0.292. The smallest absolute Gasteiger partial charge is 0.330 e. The highest BCUT2D eigenvalue weighted by Gasteiger charge is 2.54. The van der Waals surface area contributed by atoms with Crippen molar-refractivity contribution in [2.75, 3.05) is 6.61 Å². The van der Waals surface area contributed by atoms with Crippen LogP contribution in [0.1, 0.15) is 29.6 Å². The summed E-state index contributed by atoms with van der Waals surface area (Å²) >= 11 is 0. The van der Waals surface area contributed by atoms with E-state index in [0.29, 0.717) is 11.1 Å². The number of hydrogen-bond donors (Lipinski definition) is 11. The van der Waals surface area contributed by atoms with Gasteiger partial charge < -0.3 is 79.9 Å². The number of ketones is 1. The topological polar surface area (TPSA) is 320 Å². The number of fused-ring (bicyclic) bond motifs is 2. The molecule has 3 fully saturated rings. The lowest BCUT2D eigenvalue weighted by Crippen LogP contribution is -2.60. The summed E-state index contributed by atoms with van der Waals surface area (Å²) in [4.78, 5) is 40.7. The van der Waals surface area contributed by atoms with Gasteiger partial charge in [-0.2, -0.15) is 0 Å². The Hall–Kier alpha value is -5.77. The number of esters is 2. The molecule has 320 valence electrons. The molecule has 0 spiro atoms. The Labute approximate surface area is 339 Å². The predicted molar refractivity (Wildman–Crippen MR) is 198 cm³/mol. The van der Waals surface area contributed by atoms with Gasteiger partial charge in [-0.1, -0.05) is 24.3 Å². The van der Waals surface area contributed by atoms with Gasteiger partial charge in [0, 0.05) is 54.5 Å². The molecule has 1 saturated carbocycles. The normalized spacial score (nSPS) is 33.9. The maximum atomic E-state index is 14.3. The second kappa shape index (κ2) is 17.1. The lowest BCUT2D eigenvalue weighted by atomic mass is 9.57. The van der Waals surface area contributed by atoms with E-state index in [0.717, 1.165) is 42.5 Å². The van der Waals surface area contributed by atoms with E-state index >= 15 is 0 Å². The summed E-state index contributed by atoms with van der Waals surface area (Å²) in [5.41, 5.74) is 0.795. The lowest BCUT2D eigenvalue weighted by Gasteiger charge is -2.46. The first-order chi connectivity index (χ1) is 28.5. The molecule has 2 saturated heterocycles. The number of aromatic hydroxyl groups is 5. The Kier molecular flexibility index (Phi) is 12.1. The van der Waals surface area contributed by atoms with Gasteiger partial charge in [0.1, 0.15) is 95.7 Å². The number of phenolic OH excluding ortho intramolecular Hbond substituents is 5. The van der Waals surface area contributed by atoms with Crippen molar-refractivity contribution >= 4 is 17.7 Å². The van der Waals surface area contributed by atoms with Gasteiger partial charge >= 0.3 is 11.9 Å². The van der Waals surface area contributed by atoms with Gasteiger partial charge in [0.15, 0.2) is 0 Å². The molecule has 0 aromatic heterocycles. The minimum absolute atomic E-state index is 0.0144. The molecule has 3 aromatic carbocycles. The van der Waals surface area contributed by atoms with E-state index < -0.39 is 115 Å². The predicted octanol–water partition coefficient (Wildman–Crippen LogP) is -0.231. The van der Waals surface area contributed by atoms with Crippen LogP contribution in [-0.4, -0.2) is 136 Å². The fourth-order valence-electron chi connectivity index (χ4n) is 8.10. The van der Waals surface area contributed by atoms with Crippen LogP contribution in [0.5, 0.6) is 34.5 Å². The summed E-state index contributed by atoms with van der Waals surface area (Å²) < 4.78 is 27.7. The van der Waals surface area contributed by atoms with Crippen molar-refractivity contribution < 1.29 is 94.2 Å². The molecule has 2 aliphatic heterocycles. The minimum atomic E-state index is -1.97. The SMILES string of the molecule is O=C(/C=C/C1=C[C@H]2C(=O)C[C@H]1[C@H](C(=O)O[C@H]1O[C@@H](c3cc(O)cc(O)c3)[C@H](O)[C@@H](O)[C@@H]1O)[C@H]2c1ccc(O)cc1)OC[C@H]1O[C@@H](Oc2cc(O)cc(O)c2)[C@H](O)[C@@H](O)[C@@H]1O. The third kappa shape index (κ3) is 8.60. The van der Waals surface area contributed by atoms with E-state index in [4.69, 9.17) is 23.7 Å². The average Bonchev–Trinajstić information content (AvgIpc) is 3.19. The van der Waals surface area contributed by atoms with Crippen LogP contribution in [0, 0.1) is 17.8 Å². The molecule has 0 radical (unpaired) electrons. The number of ether oxygens (including phenoxy) is 5. The number of benzene rings is 3. The molecule has 11 N–H and O–H groups in total. The van der Waals surface area contributed by atoms with Crippen molar-refractivity contribution in [3.05, 3.63) is 95.6 Å². The number of carbonyl (C=O) groups is 3. The van der Waals surface area contributed by atoms with Gasteiger partial charge in [0.2, 0.25) is 12.6 Å². The van der Waals surface area contributed by atoms with E-state index in [9.17, 15) is 70.6 Å². The average molecular weight is 839 g/mol. The molecule has 19 nitrogen and oxygen atoms in total. The van der Waals surface area contributed by atoms with Crippen LogP contribution in [0.15, 0.2) is 84.5 Å². The summed E-state index contributed by atoms with van der Waals surface area (Å²) in [6, 6.07) is 12.2. The molecule has 2 bridgehead atoms. The fraction of sp³-hybridized carbons (Fsp3) is 0.390. The number of aliphatic hydroxyl groups is 6. The van der Waals surface area contributed by atoms with Crippen molar-refractivity contribution in [3.63, 3.8) is 0 Å². The first-order valence-corrected chi connectivity index (χ1v) is 18.7. The monoisotopic (exact) mass is 838 g/mol. The summed E-state index contributed by atoms with van der Waals surface area (Å²) in [7, 11) is 0. The number of phenols is 5. The molecule has 8 rings (SSSR count). The van der Waals surface area contributed by atoms with E-state index in [1.54, 1.807) is 6.08 Å². The second-order valence-corrected chi connectivity index (χ2v) is 15.0. The van der Waals surface area contributed by atoms with Crippen LogP contribution in [0.25, 0.3) is 0 Å². The van der Waals surface area contributed by atoms with Gasteiger partial charge in [0.05, 0.1) is 5.92 Å². The molecule has 2 heterocycles. The first kappa shape index (κ1) is 42.4. The Morgan fingerprint density at radius 1 is 0.683 bits per heavy atom. The highest BCUT2D eigenvalue weighted by molar-refractivity contribution is 5.91. The third-order valence-electron chi connectivity index (χ3n) is 11.0. The van der Waals surface area contributed by atoms with Crippen molar-refractivity contribution in [2.24, 2.45) is 17.8 Å². The van der Waals surface area contributed by atoms with Crippen molar-refractivity contribution in [1.29, 1.82) is 0 Å². The highest BCUT2D eigenvalue weighted by Crippen LogP contribution is 2.52. The molecule has 19 heteroatoms. The Balaban J connectivity index is 1.08. The number of Topliss-reactive ketones (excluding diaryl/α,β-unsaturated/α-hetero) is 1. The maximum absolute atomic E-state index is 14.3. The Bertz CT molecular complexity index is 2110. The standard InChI is InChI=1S/C41H42O19/c42-19-4-1-16(2-5-19)30-26-9-17(3-6-29(48)56-15-28-32(49)33(50)36(53)40(58-28)57-24-12-22(45)11-23(46)13-24)25(14-27(26)47)31(30)39(55)60-41-37(54)34(51)35(52)38(59-41)18-7-20(43)10-21(44)8-18/h1-13,25-26,28,30-38,40-46,49-54H,14-15H2/b6-3+/t25-,26+,28-,30+,31+,32-,33+,34-,35-,36-,37+,38+,40-,41-/m1/s1. The largest absolute Gasteiger partial charge is 0.508 e. The molecule has 3 aliphatic carbocycles. The Morgan fingerprint density at radius 2 is 1.28 bits per heavy atom. The highest BCUT2D eigenvalue weighted by atomic mass is 16.7. The summed E-state index contributed by atoms with van der Waals surface area (Å²) in [5, 5.41) is 113. The third-order valence-corrected chi connectivity index (χ3v) is 11.0. The van der Waals surface area contributed by atoms with Crippen LogP contribution in [0.3, 0.4) is 0 Å². The zero-order valence-corrected chi connectivity index (χ0v) is 31.2. The molecular formula is C41H42O19. The number of rotatable bonds is 10. The second-order valence-electron chi connectivity index (χ2n) is 15.0. The van der Waals surface area contributed by atoms with Crippen LogP contribution in [0.2, 0.25) is 0 Å². The van der Waals surface area contributed by atoms with Crippen LogP contribution in [-0.2, 0) is 33.3 Å². The molecule has 60 heavy (non-hydrogen) atoms. The molecule has 0 unspecified atom stereocenters. The molecular weight excluding hydrogens is 796 g/mol. The molecule has 0 amide bonds. The molecule has 14 atom stereocenters. The minimum Gasteiger partial charge on any atom is -0.508 e. The van der Waals surface area contributed by atoms with E-state index in [1.165, 1.54) is 30.3 Å². The quantitative estimate of drug-likeness (QED) is 0.0928. The van der Waals surface area contributed by atoms with Gasteiger partial charge in [-0.25, -0.2) is 4.79 Å². The van der Waals surface area contributed by atoms with Gasteiger partial charge in [-0.05, 0) is 41.0 Å². The van der Waals surface area contributed by atoms with Crippen LogP contribution in [0.4, 0.5) is 0 Å². The van der Waals surface area contributed by atoms with Gasteiger partial charge in [0.25, 0.3) is 0 Å². The van der Waals surface area contributed by atoms with Gasteiger partial charge in [-0.3, -0.25) is 9.59 Å². The maximum Gasteiger partial charge on any atom is 0.330 e. The fourth-order valence-corrected chi connectivity index (χ4v) is 8.10. The number of hydrogen-bond acceptors (Lipinski definition) is 19. The summed E-state index contributed by atoms with van der Waals surface area (Å²) in [5.74, 6) is -8.01. The van der Waals surface area contributed by atoms with E-state index in [1.807, 2.05) is 0 Å². The van der Waals surface area contributed by atoms with Gasteiger partial charge in [-0.15, -0.1) is 0 Å². The van der Waals surface area contributed by atoms with Crippen LogP contribution < -0.4 is 4.74 Å². The number of aliphatic hydroxyl groups excluding tert-OH is 6. The van der Waals surface area contributed by atoms with Crippen molar-refractivity contribution in [3.8, 4) is 34.5 Å². The van der Waals surface area contributed by atoms with E-state index in [2.05, 4.69) is 0 Å². The van der Waals surface area contributed by atoms with Crippen molar-refractivity contribution in [1.82, 2.24) is 0 Å². The first-order valence-electron chi connectivity index (χ1n) is 18.7. The summed E-state index contributed by atoms with van der Waals surface area (Å²) in [6.45, 7) is -0.659. The number of allylic oxidation sites excluding steroid dienone is 3.